The Morgan fingerprint density at radius 3 is 2.82 bits per heavy atom. The van der Waals surface area contributed by atoms with Gasteiger partial charge in [-0.1, -0.05) is 35.8 Å². The quantitative estimate of drug-likeness (QED) is 0.747. The highest BCUT2D eigenvalue weighted by Crippen LogP contribution is 2.34. The van der Waals surface area contributed by atoms with E-state index in [1.807, 2.05) is 17.0 Å². The van der Waals surface area contributed by atoms with Gasteiger partial charge in [0, 0.05) is 6.54 Å². The molecule has 1 saturated heterocycles. The second-order valence-corrected chi connectivity index (χ2v) is 4.88. The Kier molecular flexibility index (Phi) is 3.75. The van der Waals surface area contributed by atoms with Crippen molar-refractivity contribution in [1.82, 2.24) is 4.90 Å². The molecule has 0 N–H and O–H groups in total. The topological polar surface area (TPSA) is 20.3 Å². The third-order valence-electron chi connectivity index (χ3n) is 3.04. The Bertz CT molecular complexity index is 459. The third-order valence-corrected chi connectivity index (χ3v) is 3.78. The van der Waals surface area contributed by atoms with Gasteiger partial charge in [-0.05, 0) is 36.6 Å². The standard InChI is InChI=1S/C13H13Cl2NO/c1-2-13(17)16-7-3-4-12(16)9-5-6-10(14)11(15)8-9/h2,5-6,8,12H,1,3-4,7H2. The summed E-state index contributed by atoms with van der Waals surface area (Å²) in [5, 5.41) is 1.07. The van der Waals surface area contributed by atoms with E-state index in [1.54, 1.807) is 6.07 Å². The van der Waals surface area contributed by atoms with Crippen LogP contribution in [0.3, 0.4) is 0 Å². The average Bonchev–Trinajstić information content (AvgIpc) is 2.80. The van der Waals surface area contributed by atoms with Gasteiger partial charge in [0.15, 0.2) is 0 Å². The first-order valence-electron chi connectivity index (χ1n) is 5.51. The molecule has 1 aliphatic rings. The second-order valence-electron chi connectivity index (χ2n) is 4.07. The summed E-state index contributed by atoms with van der Waals surface area (Å²) in [6, 6.07) is 5.63. The first-order chi connectivity index (χ1) is 8.13. The lowest BCUT2D eigenvalue weighted by Crippen LogP contribution is -2.28. The van der Waals surface area contributed by atoms with Crippen molar-refractivity contribution in [3.8, 4) is 0 Å². The Balaban J connectivity index is 2.29. The predicted molar refractivity (Wildman–Crippen MR) is 70.3 cm³/mol. The van der Waals surface area contributed by atoms with Crippen LogP contribution in [0.25, 0.3) is 0 Å². The van der Waals surface area contributed by atoms with E-state index < -0.39 is 0 Å². The van der Waals surface area contributed by atoms with E-state index in [0.717, 1.165) is 24.9 Å². The fourth-order valence-electron chi connectivity index (χ4n) is 2.21. The molecule has 0 radical (unpaired) electrons. The average molecular weight is 270 g/mol. The lowest BCUT2D eigenvalue weighted by molar-refractivity contribution is -0.126. The Hall–Kier alpha value is -0.990. The number of benzene rings is 1. The van der Waals surface area contributed by atoms with Gasteiger partial charge in [-0.25, -0.2) is 0 Å². The lowest BCUT2D eigenvalue weighted by Gasteiger charge is -2.24. The van der Waals surface area contributed by atoms with Crippen LogP contribution in [0.2, 0.25) is 10.0 Å². The number of amides is 1. The second kappa shape index (κ2) is 5.11. The van der Waals surface area contributed by atoms with Crippen molar-refractivity contribution in [1.29, 1.82) is 0 Å². The summed E-state index contributed by atoms with van der Waals surface area (Å²) in [4.78, 5) is 13.5. The van der Waals surface area contributed by atoms with Crippen molar-refractivity contribution in [3.63, 3.8) is 0 Å². The molecule has 0 bridgehead atoms. The van der Waals surface area contributed by atoms with Crippen molar-refractivity contribution in [2.45, 2.75) is 18.9 Å². The number of hydrogen-bond donors (Lipinski definition) is 0. The first-order valence-corrected chi connectivity index (χ1v) is 6.27. The van der Waals surface area contributed by atoms with Crippen LogP contribution >= 0.6 is 23.2 Å². The molecule has 4 heteroatoms. The van der Waals surface area contributed by atoms with Gasteiger partial charge in [-0.3, -0.25) is 4.79 Å². The number of carbonyl (C=O) groups excluding carboxylic acids is 1. The van der Waals surface area contributed by atoms with Gasteiger partial charge >= 0.3 is 0 Å². The maximum absolute atomic E-state index is 11.7. The van der Waals surface area contributed by atoms with Crippen LogP contribution in [0, 0.1) is 0 Å². The molecule has 1 aromatic carbocycles. The Morgan fingerprint density at radius 1 is 1.41 bits per heavy atom. The van der Waals surface area contributed by atoms with E-state index >= 15 is 0 Å². The molecule has 17 heavy (non-hydrogen) atoms. The number of nitrogens with zero attached hydrogens (tertiary/aromatic N) is 1. The first kappa shape index (κ1) is 12.5. The molecule has 1 atom stereocenters. The number of rotatable bonds is 2. The molecule has 0 aliphatic carbocycles. The molecule has 1 amide bonds. The van der Waals surface area contributed by atoms with E-state index in [1.165, 1.54) is 6.08 Å². The molecular formula is C13H13Cl2NO. The number of hydrogen-bond acceptors (Lipinski definition) is 1. The van der Waals surface area contributed by atoms with Gasteiger partial charge in [0.05, 0.1) is 16.1 Å². The Labute approximate surface area is 111 Å². The molecule has 1 aliphatic heterocycles. The van der Waals surface area contributed by atoms with E-state index in [4.69, 9.17) is 23.2 Å². The fourth-order valence-corrected chi connectivity index (χ4v) is 2.52. The molecule has 1 heterocycles. The van der Waals surface area contributed by atoms with Crippen molar-refractivity contribution in [2.75, 3.05) is 6.54 Å². The fraction of sp³-hybridized carbons (Fsp3) is 0.308. The van der Waals surface area contributed by atoms with E-state index in [-0.39, 0.29) is 11.9 Å². The Morgan fingerprint density at radius 2 is 2.18 bits per heavy atom. The summed E-state index contributed by atoms with van der Waals surface area (Å²) >= 11 is 11.9. The van der Waals surface area contributed by atoms with Gasteiger partial charge in [-0.15, -0.1) is 0 Å². The van der Waals surface area contributed by atoms with E-state index in [2.05, 4.69) is 6.58 Å². The van der Waals surface area contributed by atoms with Crippen LogP contribution in [0.15, 0.2) is 30.9 Å². The van der Waals surface area contributed by atoms with Gasteiger partial charge in [0.25, 0.3) is 0 Å². The largest absolute Gasteiger partial charge is 0.332 e. The summed E-state index contributed by atoms with van der Waals surface area (Å²) in [5.41, 5.74) is 1.03. The summed E-state index contributed by atoms with van der Waals surface area (Å²) in [6.45, 7) is 4.30. The zero-order valence-corrected chi connectivity index (χ0v) is 10.8. The van der Waals surface area contributed by atoms with Crippen LogP contribution in [-0.2, 0) is 4.79 Å². The molecule has 1 aromatic rings. The molecule has 1 fully saturated rings. The number of halogens is 2. The van der Waals surface area contributed by atoms with Crippen LogP contribution in [0.4, 0.5) is 0 Å². The van der Waals surface area contributed by atoms with Crippen molar-refractivity contribution in [3.05, 3.63) is 46.5 Å². The molecule has 0 spiro atoms. The highest BCUT2D eigenvalue weighted by atomic mass is 35.5. The molecule has 90 valence electrons. The zero-order valence-electron chi connectivity index (χ0n) is 9.33. The normalized spacial score (nSPS) is 19.4. The van der Waals surface area contributed by atoms with E-state index in [9.17, 15) is 4.79 Å². The summed E-state index contributed by atoms with van der Waals surface area (Å²) < 4.78 is 0. The highest BCUT2D eigenvalue weighted by Gasteiger charge is 2.28. The summed E-state index contributed by atoms with van der Waals surface area (Å²) in [6.07, 6.45) is 3.32. The highest BCUT2D eigenvalue weighted by molar-refractivity contribution is 6.42. The van der Waals surface area contributed by atoms with Gasteiger partial charge < -0.3 is 4.90 Å². The van der Waals surface area contributed by atoms with Crippen LogP contribution < -0.4 is 0 Å². The van der Waals surface area contributed by atoms with Crippen molar-refractivity contribution in [2.24, 2.45) is 0 Å². The molecule has 2 rings (SSSR count). The van der Waals surface area contributed by atoms with Crippen molar-refractivity contribution >= 4 is 29.1 Å². The smallest absolute Gasteiger partial charge is 0.246 e. The number of likely N-dealkylation sites (tertiary alicyclic amines) is 1. The predicted octanol–water partition coefficient (Wildman–Crippen LogP) is 3.84. The SMILES string of the molecule is C=CC(=O)N1CCCC1c1ccc(Cl)c(Cl)c1. The minimum absolute atomic E-state index is 0.0291. The maximum Gasteiger partial charge on any atom is 0.246 e. The molecule has 0 saturated carbocycles. The van der Waals surface area contributed by atoms with Gasteiger partial charge in [-0.2, -0.15) is 0 Å². The van der Waals surface area contributed by atoms with Crippen LogP contribution in [0.5, 0.6) is 0 Å². The van der Waals surface area contributed by atoms with Crippen LogP contribution in [-0.4, -0.2) is 17.4 Å². The number of carbonyl (C=O) groups is 1. The maximum atomic E-state index is 11.7. The molecular weight excluding hydrogens is 257 g/mol. The third kappa shape index (κ3) is 2.48. The molecule has 0 aromatic heterocycles. The molecule has 2 nitrogen and oxygen atoms in total. The van der Waals surface area contributed by atoms with Gasteiger partial charge in [0.1, 0.15) is 0 Å². The van der Waals surface area contributed by atoms with Crippen molar-refractivity contribution < 1.29 is 4.79 Å². The van der Waals surface area contributed by atoms with Gasteiger partial charge in [0.2, 0.25) is 5.91 Å². The minimum atomic E-state index is -0.0291. The summed E-state index contributed by atoms with van der Waals surface area (Å²) in [7, 11) is 0. The van der Waals surface area contributed by atoms with Crippen LogP contribution in [0.1, 0.15) is 24.4 Å². The summed E-state index contributed by atoms with van der Waals surface area (Å²) in [5.74, 6) is -0.0291. The lowest BCUT2D eigenvalue weighted by atomic mass is 10.0. The monoisotopic (exact) mass is 269 g/mol. The zero-order chi connectivity index (χ0) is 12.4. The van der Waals surface area contributed by atoms with E-state index in [0.29, 0.717) is 10.0 Å². The molecule has 1 unspecified atom stereocenters. The minimum Gasteiger partial charge on any atom is -0.332 e.